The summed E-state index contributed by atoms with van der Waals surface area (Å²) in [5.41, 5.74) is 1.55. The summed E-state index contributed by atoms with van der Waals surface area (Å²) < 4.78 is 11.5. The topological polar surface area (TPSA) is 89.6 Å². The Balaban J connectivity index is 1.86. The van der Waals surface area contributed by atoms with Gasteiger partial charge in [0.25, 0.3) is 0 Å². The van der Waals surface area contributed by atoms with E-state index in [4.69, 9.17) is 20.8 Å². The van der Waals surface area contributed by atoms with E-state index in [-0.39, 0.29) is 34.0 Å². The lowest BCUT2D eigenvalue weighted by Crippen LogP contribution is -2.22. The summed E-state index contributed by atoms with van der Waals surface area (Å²) in [5, 5.41) is 10.7. The van der Waals surface area contributed by atoms with Gasteiger partial charge in [0.1, 0.15) is 33.4 Å². The minimum absolute atomic E-state index is 0.00242. The van der Waals surface area contributed by atoms with Gasteiger partial charge in [0, 0.05) is 35.4 Å². The van der Waals surface area contributed by atoms with Crippen LogP contribution in [-0.2, 0) is 4.79 Å². The highest BCUT2D eigenvalue weighted by Crippen LogP contribution is 2.46. The summed E-state index contributed by atoms with van der Waals surface area (Å²) in [4.78, 5) is 29.3. The van der Waals surface area contributed by atoms with E-state index < -0.39 is 17.3 Å². The van der Waals surface area contributed by atoms with Crippen LogP contribution in [0.4, 0.5) is 0 Å². The first-order chi connectivity index (χ1) is 14.5. The molecule has 2 aromatic heterocycles. The quantitative estimate of drug-likeness (QED) is 0.289. The Morgan fingerprint density at radius 3 is 2.63 bits per heavy atom. The first-order valence-corrected chi connectivity index (χ1v) is 9.61. The molecule has 2 aromatic carbocycles. The van der Waals surface area contributed by atoms with Crippen LogP contribution in [0.5, 0.6) is 11.5 Å². The average molecular weight is 420 g/mol. The molecule has 1 aliphatic rings. The molecule has 0 spiro atoms. The van der Waals surface area contributed by atoms with Crippen LogP contribution in [0.1, 0.15) is 23.5 Å². The largest absolute Gasteiger partial charge is 0.507 e. The number of aromatic hydroxyl groups is 1. The molecule has 148 valence electrons. The van der Waals surface area contributed by atoms with E-state index in [1.54, 1.807) is 18.3 Å². The molecule has 0 unspecified atom stereocenters. The Morgan fingerprint density at radius 2 is 1.87 bits per heavy atom. The highest BCUT2D eigenvalue weighted by Gasteiger charge is 2.34. The number of benzene rings is 2. The summed E-state index contributed by atoms with van der Waals surface area (Å²) in [7, 11) is 0. The number of pyridine rings is 1. The summed E-state index contributed by atoms with van der Waals surface area (Å²) >= 11 is 6.31. The SMILES string of the molecule is O=C1C[C@H](c2cccnc2Cl)c2c(cc(O)c3c(=O)cc(-c4ccccc4)oc23)O1. The highest BCUT2D eigenvalue weighted by molar-refractivity contribution is 6.30. The lowest BCUT2D eigenvalue weighted by Gasteiger charge is -2.26. The molecule has 0 radical (unpaired) electrons. The first-order valence-electron chi connectivity index (χ1n) is 9.23. The second-order valence-corrected chi connectivity index (χ2v) is 7.32. The smallest absolute Gasteiger partial charge is 0.312 e. The van der Waals surface area contributed by atoms with Gasteiger partial charge < -0.3 is 14.3 Å². The minimum atomic E-state index is -0.542. The van der Waals surface area contributed by atoms with E-state index in [1.807, 2.05) is 30.3 Å². The minimum Gasteiger partial charge on any atom is -0.507 e. The molecule has 0 amide bonds. The van der Waals surface area contributed by atoms with Gasteiger partial charge in [-0.15, -0.1) is 0 Å². The second kappa shape index (κ2) is 7.00. The van der Waals surface area contributed by atoms with Crippen molar-refractivity contribution >= 4 is 28.5 Å². The van der Waals surface area contributed by atoms with Crippen LogP contribution in [0, 0.1) is 0 Å². The first kappa shape index (κ1) is 18.4. The molecule has 7 heteroatoms. The van der Waals surface area contributed by atoms with Crippen LogP contribution >= 0.6 is 11.6 Å². The van der Waals surface area contributed by atoms with Crippen molar-refractivity contribution in [1.82, 2.24) is 4.98 Å². The van der Waals surface area contributed by atoms with Crippen molar-refractivity contribution < 1.29 is 19.1 Å². The molecule has 0 fully saturated rings. The van der Waals surface area contributed by atoms with E-state index in [1.165, 1.54) is 12.1 Å². The third-order valence-electron chi connectivity index (χ3n) is 5.15. The number of aromatic nitrogens is 1. The van der Waals surface area contributed by atoms with Gasteiger partial charge in [0.05, 0.1) is 6.42 Å². The van der Waals surface area contributed by atoms with Crippen LogP contribution in [-0.4, -0.2) is 16.1 Å². The number of rotatable bonds is 2. The summed E-state index contributed by atoms with van der Waals surface area (Å²) in [5.74, 6) is -0.862. The fourth-order valence-electron chi connectivity index (χ4n) is 3.83. The van der Waals surface area contributed by atoms with Gasteiger partial charge in [-0.1, -0.05) is 48.0 Å². The molecule has 5 rings (SSSR count). The number of phenolic OH excluding ortho intramolecular Hbond substituents is 1. The van der Waals surface area contributed by atoms with Gasteiger partial charge in [-0.25, -0.2) is 4.98 Å². The molecular formula is C23H14ClNO5. The highest BCUT2D eigenvalue weighted by atomic mass is 35.5. The van der Waals surface area contributed by atoms with E-state index >= 15 is 0 Å². The van der Waals surface area contributed by atoms with Gasteiger partial charge in [-0.2, -0.15) is 0 Å². The van der Waals surface area contributed by atoms with Crippen molar-refractivity contribution in [2.24, 2.45) is 0 Å². The van der Waals surface area contributed by atoms with Crippen molar-refractivity contribution in [2.75, 3.05) is 0 Å². The summed E-state index contributed by atoms with van der Waals surface area (Å²) in [6.07, 6.45) is 1.55. The molecule has 0 saturated carbocycles. The van der Waals surface area contributed by atoms with Gasteiger partial charge in [-0.3, -0.25) is 9.59 Å². The molecule has 0 aliphatic carbocycles. The number of phenols is 1. The van der Waals surface area contributed by atoms with E-state index in [2.05, 4.69) is 4.98 Å². The zero-order valence-electron chi connectivity index (χ0n) is 15.5. The van der Waals surface area contributed by atoms with Crippen LogP contribution in [0.3, 0.4) is 0 Å². The standard InChI is InChI=1S/C23H14ClNO5/c24-23-13(7-4-8-25-23)14-9-19(28)29-18-11-16(27)21-15(26)10-17(30-22(21)20(14)18)12-5-2-1-3-6-12/h1-8,10-11,14,27H,9H2/t14-/m1/s1. The molecule has 3 heterocycles. The molecule has 1 atom stereocenters. The number of esters is 1. The van der Waals surface area contributed by atoms with Crippen LogP contribution in [0.15, 0.2) is 70.0 Å². The van der Waals surface area contributed by atoms with Crippen molar-refractivity contribution in [1.29, 1.82) is 0 Å². The summed E-state index contributed by atoms with van der Waals surface area (Å²) in [6.45, 7) is 0. The van der Waals surface area contributed by atoms with Gasteiger partial charge in [0.15, 0.2) is 5.43 Å². The molecule has 6 nitrogen and oxygen atoms in total. The third-order valence-corrected chi connectivity index (χ3v) is 5.46. The lowest BCUT2D eigenvalue weighted by atomic mass is 9.85. The lowest BCUT2D eigenvalue weighted by molar-refractivity contribution is -0.135. The number of hydrogen-bond donors (Lipinski definition) is 1. The average Bonchev–Trinajstić information content (AvgIpc) is 2.73. The maximum absolute atomic E-state index is 12.9. The van der Waals surface area contributed by atoms with Gasteiger partial charge in [-0.05, 0) is 11.6 Å². The zero-order chi connectivity index (χ0) is 20.8. The van der Waals surface area contributed by atoms with E-state index in [0.717, 1.165) is 0 Å². The van der Waals surface area contributed by atoms with Crippen molar-refractivity contribution in [3.63, 3.8) is 0 Å². The van der Waals surface area contributed by atoms with Gasteiger partial charge >= 0.3 is 5.97 Å². The zero-order valence-corrected chi connectivity index (χ0v) is 16.2. The van der Waals surface area contributed by atoms with E-state index in [0.29, 0.717) is 22.5 Å². The van der Waals surface area contributed by atoms with Gasteiger partial charge in [0.2, 0.25) is 0 Å². The van der Waals surface area contributed by atoms with Crippen LogP contribution < -0.4 is 10.2 Å². The summed E-state index contributed by atoms with van der Waals surface area (Å²) in [6, 6.07) is 15.2. The van der Waals surface area contributed by atoms with Crippen LogP contribution in [0.2, 0.25) is 5.15 Å². The fraction of sp³-hybridized carbons (Fsp3) is 0.0870. The Bertz CT molecular complexity index is 1360. The molecule has 30 heavy (non-hydrogen) atoms. The monoisotopic (exact) mass is 419 g/mol. The maximum atomic E-state index is 12.9. The number of nitrogens with zero attached hydrogens (tertiary/aromatic N) is 1. The number of hydrogen-bond acceptors (Lipinski definition) is 6. The Kier molecular flexibility index (Phi) is 4.29. The van der Waals surface area contributed by atoms with E-state index in [9.17, 15) is 14.7 Å². The van der Waals surface area contributed by atoms with Crippen LogP contribution in [0.25, 0.3) is 22.3 Å². The Hall–Kier alpha value is -3.64. The molecule has 1 aliphatic heterocycles. The normalized spacial score (nSPS) is 15.6. The predicted octanol–water partition coefficient (Wildman–Crippen LogP) is 4.66. The molecule has 0 saturated heterocycles. The number of fused-ring (bicyclic) bond motifs is 3. The van der Waals surface area contributed by atoms with Crippen molar-refractivity contribution in [3.8, 4) is 22.8 Å². The second-order valence-electron chi connectivity index (χ2n) is 6.97. The fourth-order valence-corrected chi connectivity index (χ4v) is 4.08. The molecule has 4 aromatic rings. The van der Waals surface area contributed by atoms with Crippen molar-refractivity contribution in [2.45, 2.75) is 12.3 Å². The predicted molar refractivity (Wildman–Crippen MR) is 111 cm³/mol. The third kappa shape index (κ3) is 2.93. The molecule has 1 N–H and O–H groups in total. The Labute approximate surface area is 175 Å². The molecule has 0 bridgehead atoms. The number of carbonyl (C=O) groups is 1. The number of ether oxygens (including phenoxy) is 1. The number of carbonyl (C=O) groups excluding carboxylic acids is 1. The number of halogens is 1. The van der Waals surface area contributed by atoms with Crippen molar-refractivity contribution in [3.05, 3.63) is 87.3 Å². The maximum Gasteiger partial charge on any atom is 0.312 e. The Morgan fingerprint density at radius 1 is 1.07 bits per heavy atom. The molecular weight excluding hydrogens is 406 g/mol.